The first-order chi connectivity index (χ1) is 14.3. The number of aryl methyl sites for hydroxylation is 1. The van der Waals surface area contributed by atoms with E-state index in [1.807, 2.05) is 0 Å². The summed E-state index contributed by atoms with van der Waals surface area (Å²) in [4.78, 5) is 37.3. The van der Waals surface area contributed by atoms with Crippen LogP contribution in [-0.2, 0) is 11.3 Å². The quantitative estimate of drug-likeness (QED) is 0.550. The van der Waals surface area contributed by atoms with Gasteiger partial charge in [0.05, 0.1) is 9.86 Å². The lowest BCUT2D eigenvalue weighted by Crippen LogP contribution is -2.47. The van der Waals surface area contributed by atoms with Gasteiger partial charge in [-0.05, 0) is 54.0 Å². The van der Waals surface area contributed by atoms with Gasteiger partial charge >= 0.3 is 0 Å². The topological polar surface area (TPSA) is 102 Å². The molecule has 0 saturated carbocycles. The number of nitrogens with zero attached hydrogens (tertiary/aromatic N) is 2. The molecule has 0 aliphatic rings. The van der Waals surface area contributed by atoms with Crippen LogP contribution in [0.3, 0.4) is 0 Å². The lowest BCUT2D eigenvalue weighted by atomic mass is 10.1. The second-order valence-electron chi connectivity index (χ2n) is 6.29. The zero-order chi connectivity index (χ0) is 21.8. The molecule has 30 heavy (non-hydrogen) atoms. The number of halogens is 2. The second kappa shape index (κ2) is 9.04. The minimum absolute atomic E-state index is 0.00204. The third-order valence-electron chi connectivity index (χ3n) is 4.25. The van der Waals surface area contributed by atoms with Crippen molar-refractivity contribution in [3.63, 3.8) is 0 Å². The summed E-state index contributed by atoms with van der Waals surface area (Å²) in [5.74, 6) is -1.50. The minimum Gasteiger partial charge on any atom is -0.480 e. The first-order valence-corrected chi connectivity index (χ1v) is 9.83. The van der Waals surface area contributed by atoms with Gasteiger partial charge in [0, 0.05) is 11.9 Å². The standard InChI is InChI=1S/C20H18BrFN4O4/c1-3-26-20(29)14-7-5-4-6-13(14)17(25-26)19(28)24-23-18(27)11(2)30-16-9-8-12(22)10-15(16)21/h4-11H,3H2,1-2H3,(H,23,27)(H,24,28). The van der Waals surface area contributed by atoms with E-state index < -0.39 is 23.7 Å². The van der Waals surface area contributed by atoms with Gasteiger partial charge in [0.2, 0.25) is 0 Å². The Balaban J connectivity index is 1.73. The number of rotatable bonds is 5. The van der Waals surface area contributed by atoms with Crippen LogP contribution in [0.2, 0.25) is 0 Å². The Labute approximate surface area is 179 Å². The van der Waals surface area contributed by atoms with E-state index in [0.717, 1.165) is 0 Å². The molecule has 0 aliphatic heterocycles. The third kappa shape index (κ3) is 4.48. The van der Waals surface area contributed by atoms with Crippen molar-refractivity contribution in [3.8, 4) is 5.75 Å². The van der Waals surface area contributed by atoms with Crippen LogP contribution in [-0.4, -0.2) is 27.7 Å². The number of amides is 2. The fraction of sp³-hybridized carbons (Fsp3) is 0.200. The number of hydrazine groups is 1. The molecule has 0 spiro atoms. The Morgan fingerprint density at radius 3 is 2.57 bits per heavy atom. The summed E-state index contributed by atoms with van der Waals surface area (Å²) in [6.07, 6.45) is -0.985. The van der Waals surface area contributed by atoms with E-state index in [2.05, 4.69) is 31.9 Å². The normalized spacial score (nSPS) is 11.7. The average molecular weight is 477 g/mol. The van der Waals surface area contributed by atoms with Crippen LogP contribution >= 0.6 is 15.9 Å². The number of ether oxygens (including phenoxy) is 1. The van der Waals surface area contributed by atoms with Crippen molar-refractivity contribution in [3.05, 3.63) is 68.8 Å². The number of fused-ring (bicyclic) bond motifs is 1. The molecule has 0 radical (unpaired) electrons. The predicted molar refractivity (Wildman–Crippen MR) is 111 cm³/mol. The third-order valence-corrected chi connectivity index (χ3v) is 4.87. The van der Waals surface area contributed by atoms with Gasteiger partial charge in [-0.15, -0.1) is 0 Å². The minimum atomic E-state index is -0.985. The van der Waals surface area contributed by atoms with Gasteiger partial charge in [-0.25, -0.2) is 9.07 Å². The van der Waals surface area contributed by atoms with Crippen LogP contribution in [0.1, 0.15) is 24.3 Å². The molecule has 156 valence electrons. The number of hydrogen-bond donors (Lipinski definition) is 2. The summed E-state index contributed by atoms with van der Waals surface area (Å²) < 4.78 is 20.2. The fourth-order valence-corrected chi connectivity index (χ4v) is 3.16. The van der Waals surface area contributed by atoms with Crippen molar-refractivity contribution in [1.29, 1.82) is 0 Å². The summed E-state index contributed by atoms with van der Waals surface area (Å²) in [5, 5.41) is 4.82. The number of benzene rings is 2. The molecule has 10 heteroatoms. The summed E-state index contributed by atoms with van der Waals surface area (Å²) >= 11 is 3.16. The molecule has 0 bridgehead atoms. The maximum atomic E-state index is 13.2. The van der Waals surface area contributed by atoms with Crippen LogP contribution in [0, 0.1) is 5.82 Å². The van der Waals surface area contributed by atoms with Crippen LogP contribution in [0.5, 0.6) is 5.75 Å². The van der Waals surface area contributed by atoms with E-state index in [1.54, 1.807) is 31.2 Å². The highest BCUT2D eigenvalue weighted by atomic mass is 79.9. The van der Waals surface area contributed by atoms with E-state index in [1.165, 1.54) is 29.8 Å². The molecule has 2 aromatic carbocycles. The van der Waals surface area contributed by atoms with Crippen molar-refractivity contribution in [2.75, 3.05) is 0 Å². The summed E-state index contributed by atoms with van der Waals surface area (Å²) in [7, 11) is 0. The molecule has 3 rings (SSSR count). The molecule has 0 fully saturated rings. The first kappa shape index (κ1) is 21.4. The first-order valence-electron chi connectivity index (χ1n) is 9.03. The predicted octanol–water partition coefficient (Wildman–Crippen LogP) is 2.55. The van der Waals surface area contributed by atoms with Crippen molar-refractivity contribution >= 4 is 38.5 Å². The number of carbonyl (C=O) groups excluding carboxylic acids is 2. The molecule has 8 nitrogen and oxygen atoms in total. The van der Waals surface area contributed by atoms with E-state index >= 15 is 0 Å². The average Bonchev–Trinajstić information content (AvgIpc) is 2.74. The van der Waals surface area contributed by atoms with Gasteiger partial charge < -0.3 is 4.74 Å². The van der Waals surface area contributed by atoms with E-state index in [4.69, 9.17) is 4.74 Å². The molecule has 3 aromatic rings. The van der Waals surface area contributed by atoms with Gasteiger partial charge in [-0.1, -0.05) is 18.2 Å². The smallest absolute Gasteiger partial charge is 0.290 e. The zero-order valence-electron chi connectivity index (χ0n) is 16.1. The van der Waals surface area contributed by atoms with Gasteiger partial charge in [-0.2, -0.15) is 5.10 Å². The van der Waals surface area contributed by atoms with Crippen LogP contribution < -0.4 is 21.1 Å². The van der Waals surface area contributed by atoms with E-state index in [0.29, 0.717) is 15.2 Å². The van der Waals surface area contributed by atoms with Crippen LogP contribution in [0.15, 0.2) is 51.7 Å². The molecule has 1 aromatic heterocycles. The van der Waals surface area contributed by atoms with Gasteiger partial charge in [0.25, 0.3) is 17.4 Å². The largest absolute Gasteiger partial charge is 0.480 e. The number of nitrogens with one attached hydrogen (secondary N) is 2. The van der Waals surface area contributed by atoms with Gasteiger partial charge in [0.1, 0.15) is 11.6 Å². The highest BCUT2D eigenvalue weighted by Gasteiger charge is 2.20. The van der Waals surface area contributed by atoms with Crippen molar-refractivity contribution < 1.29 is 18.7 Å². The lowest BCUT2D eigenvalue weighted by molar-refractivity contribution is -0.128. The maximum Gasteiger partial charge on any atom is 0.290 e. The monoisotopic (exact) mass is 476 g/mol. The Morgan fingerprint density at radius 2 is 1.90 bits per heavy atom. The highest BCUT2D eigenvalue weighted by Crippen LogP contribution is 2.26. The molecule has 1 heterocycles. The molecule has 2 amide bonds. The molecule has 0 saturated heterocycles. The van der Waals surface area contributed by atoms with Crippen molar-refractivity contribution in [2.45, 2.75) is 26.5 Å². The van der Waals surface area contributed by atoms with Gasteiger partial charge in [0.15, 0.2) is 11.8 Å². The molecular formula is C20H18BrFN4O4. The Hall–Kier alpha value is -3.27. The second-order valence-corrected chi connectivity index (χ2v) is 7.15. The summed E-state index contributed by atoms with van der Waals surface area (Å²) in [5.41, 5.74) is 4.25. The molecular weight excluding hydrogens is 459 g/mol. The van der Waals surface area contributed by atoms with Gasteiger partial charge in [-0.3, -0.25) is 25.2 Å². The van der Waals surface area contributed by atoms with Crippen LogP contribution in [0.25, 0.3) is 10.8 Å². The Morgan fingerprint density at radius 1 is 1.20 bits per heavy atom. The maximum absolute atomic E-state index is 13.2. The van der Waals surface area contributed by atoms with E-state index in [-0.39, 0.29) is 23.5 Å². The molecule has 1 unspecified atom stereocenters. The summed E-state index contributed by atoms with van der Waals surface area (Å²) in [6, 6.07) is 10.4. The summed E-state index contributed by atoms with van der Waals surface area (Å²) in [6.45, 7) is 3.50. The Kier molecular flexibility index (Phi) is 6.46. The van der Waals surface area contributed by atoms with E-state index in [9.17, 15) is 18.8 Å². The highest BCUT2D eigenvalue weighted by molar-refractivity contribution is 9.10. The number of carbonyl (C=O) groups is 2. The molecule has 1 atom stereocenters. The fourth-order valence-electron chi connectivity index (χ4n) is 2.71. The SMILES string of the molecule is CCn1nc(C(=O)NNC(=O)C(C)Oc2ccc(F)cc2Br)c2ccccc2c1=O. The van der Waals surface area contributed by atoms with Crippen molar-refractivity contribution in [1.82, 2.24) is 20.6 Å². The zero-order valence-corrected chi connectivity index (χ0v) is 17.7. The number of hydrogen-bond acceptors (Lipinski definition) is 5. The van der Waals surface area contributed by atoms with Crippen molar-refractivity contribution in [2.24, 2.45) is 0 Å². The number of aromatic nitrogens is 2. The van der Waals surface area contributed by atoms with Crippen LogP contribution in [0.4, 0.5) is 4.39 Å². The molecule has 0 aliphatic carbocycles. The Bertz CT molecular complexity index is 1180. The molecule has 2 N–H and O–H groups in total. The lowest BCUT2D eigenvalue weighted by Gasteiger charge is -2.16.